The van der Waals surface area contributed by atoms with Crippen LogP contribution in [0.5, 0.6) is 0 Å². The van der Waals surface area contributed by atoms with Gasteiger partial charge in [0.1, 0.15) is 52.1 Å². The maximum Gasteiger partial charge on any atom is 0.382 e. The van der Waals surface area contributed by atoms with Crippen molar-refractivity contribution in [1.82, 2.24) is 85.5 Å². The lowest BCUT2D eigenvalue weighted by molar-refractivity contribution is -0.648. The summed E-state index contributed by atoms with van der Waals surface area (Å²) in [4.78, 5) is 42.3. The molecule has 0 aliphatic carbocycles. The Morgan fingerprint density at radius 2 is 0.903 bits per heavy atom. The molecule has 5 aliphatic heterocycles. The fourth-order valence-corrected chi connectivity index (χ4v) is 17.4. The number of hydrogen-bond acceptors (Lipinski definition) is 12. The van der Waals surface area contributed by atoms with Crippen molar-refractivity contribution in [2.45, 2.75) is 32.7 Å². The first kappa shape index (κ1) is 54.1. The van der Waals surface area contributed by atoms with Crippen LogP contribution in [0, 0.1) is 0 Å². The lowest BCUT2D eigenvalue weighted by atomic mass is 10.1. The molecule has 20 aromatic heterocycles. The minimum absolute atomic E-state index is 0.627. The third kappa shape index (κ3) is 8.35. The van der Waals surface area contributed by atoms with Gasteiger partial charge in [0, 0.05) is 146 Å². The highest BCUT2D eigenvalue weighted by atomic mass is 32.1. The predicted octanol–water partition coefficient (Wildman–Crippen LogP) is 10.1. The highest BCUT2D eigenvalue weighted by Crippen LogP contribution is 2.40. The molecule has 0 fully saturated rings. The third-order valence-corrected chi connectivity index (χ3v) is 21.8. The molecule has 103 heavy (non-hydrogen) atoms. The Hall–Kier alpha value is -13.8. The number of aromatic nitrogens is 23. The molecular weight excluding hydrogens is 1310 g/mol. The molecule has 0 bridgehead atoms. The molecule has 490 valence electrons. The van der Waals surface area contributed by atoms with E-state index in [2.05, 4.69) is 165 Å². The number of nitrogens with zero attached hydrogens (tertiary/aromatic N) is 23. The number of aryl methyl sites for hydroxylation is 2. The fraction of sp³-hybridized carbons (Fsp3) is 0.0897. The van der Waals surface area contributed by atoms with Gasteiger partial charge in [-0.25, -0.2) is 27.8 Å². The average molecular weight is 1370 g/mol. The normalized spacial score (nSPS) is 13.5. The molecule has 0 saturated heterocycles. The van der Waals surface area contributed by atoms with Crippen LogP contribution >= 0.6 is 11.3 Å². The van der Waals surface area contributed by atoms with Crippen LogP contribution in [0.25, 0.3) is 144 Å². The van der Waals surface area contributed by atoms with E-state index in [1.54, 1.807) is 37.3 Å². The zero-order valence-electron chi connectivity index (χ0n) is 57.7. The van der Waals surface area contributed by atoms with E-state index in [0.29, 0.717) is 17.9 Å². The standard InChI is InChI=1S/C20H14N5.2C15H12N5.C14H9N4O.C14H9N4S/c1-2-4-15(5-3-1)25-18-13-23-9-8-22-11-17(23)19(18)24-12-14-10-21-7-6-16(14)20(24)25;1-18-14-12-3-5-17-9-19(12)8-13(14)20-7-10-6-16-4-2-11(10)15(18)20;1-18-13-9-19-5-4-17-7-12(19)14(13)20-8-10-6-16-3-2-11(10)15(18)20;2*1-2-15-5-9-7-18-13-11-6-16-3-4-17(11)8-12(13)19-14(18)10(1)9/h1-11,13H,12H2;2-6,8-9H,7H2,1H3;2-7,9H,8H2,1H3;2*1-6,8H,7H2/q5*+1/i;1D3;;;. The summed E-state index contributed by atoms with van der Waals surface area (Å²) < 4.78 is 59.2. The van der Waals surface area contributed by atoms with E-state index >= 15 is 0 Å². The predicted molar refractivity (Wildman–Crippen MR) is 384 cm³/mol. The largest absolute Gasteiger partial charge is 0.396 e. The zero-order valence-corrected chi connectivity index (χ0v) is 55.5. The van der Waals surface area contributed by atoms with E-state index in [4.69, 9.17) is 8.53 Å². The first-order valence-corrected chi connectivity index (χ1v) is 34.3. The Morgan fingerprint density at radius 1 is 0.398 bits per heavy atom. The van der Waals surface area contributed by atoms with Crippen LogP contribution in [-0.4, -0.2) is 85.5 Å². The Balaban J connectivity index is 0.0000000830. The summed E-state index contributed by atoms with van der Waals surface area (Å²) >= 11 is 1.84. The number of benzene rings is 1. The summed E-state index contributed by atoms with van der Waals surface area (Å²) in [5, 5.41) is 1.33. The molecule has 0 spiro atoms. The maximum absolute atomic E-state index is 8.04. The molecule has 26 rings (SSSR count). The molecule has 0 unspecified atom stereocenters. The van der Waals surface area contributed by atoms with Gasteiger partial charge in [-0.2, -0.15) is 9.13 Å². The van der Waals surface area contributed by atoms with Gasteiger partial charge in [0.25, 0.3) is 33.5 Å². The van der Waals surface area contributed by atoms with Gasteiger partial charge in [-0.05, 0) is 48.5 Å². The van der Waals surface area contributed by atoms with Gasteiger partial charge in [0.2, 0.25) is 16.6 Å². The first-order valence-electron chi connectivity index (χ1n) is 35.0. The van der Waals surface area contributed by atoms with Crippen molar-refractivity contribution < 1.29 is 31.4 Å². The Kier molecular flexibility index (Phi) is 11.5. The van der Waals surface area contributed by atoms with Crippen LogP contribution in [-0.2, 0) is 46.7 Å². The Bertz CT molecular complexity index is 7090. The maximum atomic E-state index is 8.04. The summed E-state index contributed by atoms with van der Waals surface area (Å²) in [5.74, 6) is 4.08. The number of para-hydroxylation sites is 1. The number of hydrogen-bond donors (Lipinski definition) is 0. The zero-order chi connectivity index (χ0) is 70.2. The van der Waals surface area contributed by atoms with Gasteiger partial charge in [-0.1, -0.05) is 29.5 Å². The second kappa shape index (κ2) is 21.8. The first-order chi connectivity index (χ1) is 52.1. The van der Waals surface area contributed by atoms with Crippen molar-refractivity contribution in [3.8, 4) is 61.9 Å². The molecule has 1 aromatic carbocycles. The minimum atomic E-state index is -2.27. The molecular formula is C78H56N23OS+5. The van der Waals surface area contributed by atoms with E-state index in [1.807, 2.05) is 167 Å². The highest BCUT2D eigenvalue weighted by Gasteiger charge is 2.41. The van der Waals surface area contributed by atoms with Gasteiger partial charge >= 0.3 is 5.89 Å². The molecule has 5 aliphatic rings. The van der Waals surface area contributed by atoms with Crippen LogP contribution in [0.15, 0.2) is 251 Å². The number of oxazole rings is 1. The summed E-state index contributed by atoms with van der Waals surface area (Å²) in [6, 6.07) is 22.6. The molecule has 0 N–H and O–H groups in total. The van der Waals surface area contributed by atoms with Crippen LogP contribution in [0.1, 0.15) is 31.9 Å². The molecule has 0 radical (unpaired) electrons. The minimum Gasteiger partial charge on any atom is -0.396 e. The van der Waals surface area contributed by atoms with Crippen LogP contribution in [0.4, 0.5) is 0 Å². The number of pyridine rings is 5. The van der Waals surface area contributed by atoms with E-state index in [0.717, 1.165) is 93.1 Å². The van der Waals surface area contributed by atoms with E-state index in [1.165, 1.54) is 98.0 Å². The van der Waals surface area contributed by atoms with Crippen molar-refractivity contribution in [3.63, 3.8) is 0 Å². The second-order valence-electron chi connectivity index (χ2n) is 26.1. The van der Waals surface area contributed by atoms with Crippen LogP contribution in [0.3, 0.4) is 0 Å². The number of imidazole rings is 3. The summed E-state index contributed by atoms with van der Waals surface area (Å²) in [5.41, 5.74) is 28.2. The fourth-order valence-electron chi connectivity index (χ4n) is 16.2. The molecule has 21 aromatic rings. The molecule has 24 nitrogen and oxygen atoms in total. The number of fused-ring (bicyclic) bond motifs is 35. The van der Waals surface area contributed by atoms with Gasteiger partial charge in [-0.15, -0.1) is 4.57 Å². The summed E-state index contributed by atoms with van der Waals surface area (Å²) in [7, 11) is 2.12. The Morgan fingerprint density at radius 3 is 1.58 bits per heavy atom. The van der Waals surface area contributed by atoms with Gasteiger partial charge in [-0.3, -0.25) is 49.3 Å². The van der Waals surface area contributed by atoms with E-state index in [-0.39, 0.29) is 0 Å². The molecule has 0 amide bonds. The Labute approximate surface area is 590 Å². The third-order valence-electron chi connectivity index (χ3n) is 20.6. The van der Waals surface area contributed by atoms with Crippen molar-refractivity contribution >= 4 is 93.3 Å². The van der Waals surface area contributed by atoms with E-state index in [9.17, 15) is 0 Å². The number of thiazole rings is 1. The van der Waals surface area contributed by atoms with Crippen molar-refractivity contribution in [2.75, 3.05) is 0 Å². The van der Waals surface area contributed by atoms with Crippen molar-refractivity contribution in [1.29, 1.82) is 0 Å². The monoisotopic (exact) mass is 1370 g/mol. The lowest BCUT2D eigenvalue weighted by Crippen LogP contribution is -2.31. The topological polar surface area (TPSA) is 198 Å². The number of rotatable bonds is 1. The van der Waals surface area contributed by atoms with Crippen molar-refractivity contribution in [3.05, 3.63) is 274 Å². The summed E-state index contributed by atoms with van der Waals surface area (Å²) in [6.45, 7) is 1.79. The lowest BCUT2D eigenvalue weighted by Gasteiger charge is -2.01. The summed E-state index contributed by atoms with van der Waals surface area (Å²) in [6.07, 6.45) is 55.4. The SMILES string of the molecule is Cn1c2[n+](c3c1cn1ccncc31)Cc1cnccc1-2.[2H]C([2H])([2H])[n+]1c2n(c3cn4cnccc4c31)Cc1cnccc1-2.c1cc2c(cn1)C[n+]1c-2oc2cn3ccncc3c21.c1cc2c(cn1)C[n+]1c-2sc2cn3ccncc3c21.c1ccc(-n2c3[n+](c4c2cn2ccncc42)Cc2cnccc2-3)cc1. The highest BCUT2D eigenvalue weighted by molar-refractivity contribution is 7.21. The van der Waals surface area contributed by atoms with Crippen LogP contribution in [0.2, 0.25) is 0 Å². The smallest absolute Gasteiger partial charge is 0.382 e. The van der Waals surface area contributed by atoms with Gasteiger partial charge in [0.15, 0.2) is 35.2 Å². The second-order valence-corrected chi connectivity index (χ2v) is 27.1. The quantitative estimate of drug-likeness (QED) is 0.142. The van der Waals surface area contributed by atoms with Crippen molar-refractivity contribution in [2.24, 2.45) is 14.0 Å². The van der Waals surface area contributed by atoms with Gasteiger partial charge < -0.3 is 22.0 Å². The molecule has 25 heterocycles. The van der Waals surface area contributed by atoms with Crippen LogP contribution < -0.4 is 22.8 Å². The average Bonchev–Trinajstić information content (AvgIpc) is 1.48. The molecule has 25 heteroatoms. The van der Waals surface area contributed by atoms with E-state index < -0.39 is 6.98 Å². The molecule has 0 saturated carbocycles. The van der Waals surface area contributed by atoms with Gasteiger partial charge in [0.05, 0.1) is 113 Å². The molecule has 0 atom stereocenters.